The first-order chi connectivity index (χ1) is 9.11. The summed E-state index contributed by atoms with van der Waals surface area (Å²) in [4.78, 5) is 0. The average Bonchev–Trinajstić information content (AvgIpc) is 2.75. The molecule has 0 atom stereocenters. The third-order valence-corrected chi connectivity index (χ3v) is 2.94. The second-order valence-electron chi connectivity index (χ2n) is 3.93. The van der Waals surface area contributed by atoms with Crippen molar-refractivity contribution in [3.8, 4) is 5.75 Å². The van der Waals surface area contributed by atoms with Gasteiger partial charge in [-0.25, -0.2) is 13.5 Å². The van der Waals surface area contributed by atoms with Gasteiger partial charge in [-0.1, -0.05) is 10.3 Å². The summed E-state index contributed by atoms with van der Waals surface area (Å²) in [6.45, 7) is 0.557. The van der Waals surface area contributed by atoms with Crippen LogP contribution in [0.2, 0.25) is 0 Å². The lowest BCUT2D eigenvalue weighted by Gasteiger charge is -2.07. The largest absolute Gasteiger partial charge is 0.491 e. The van der Waals surface area contributed by atoms with Crippen LogP contribution in [0.4, 0.5) is 8.78 Å². The van der Waals surface area contributed by atoms with Gasteiger partial charge in [0, 0.05) is 6.54 Å². The van der Waals surface area contributed by atoms with E-state index >= 15 is 0 Å². The molecule has 8 heteroatoms. The Morgan fingerprint density at radius 2 is 2.05 bits per heavy atom. The fraction of sp³-hybridized carbons (Fsp3) is 0.364. The van der Waals surface area contributed by atoms with Gasteiger partial charge in [0.1, 0.15) is 0 Å². The van der Waals surface area contributed by atoms with E-state index in [2.05, 4.69) is 20.3 Å². The molecule has 0 saturated carbocycles. The van der Waals surface area contributed by atoms with Crippen molar-refractivity contribution in [2.24, 2.45) is 0 Å². The summed E-state index contributed by atoms with van der Waals surface area (Å²) in [6.07, 6.45) is 1.17. The number of tetrazole rings is 1. The lowest BCUT2D eigenvalue weighted by molar-refractivity contribution is 0.359. The van der Waals surface area contributed by atoms with Crippen molar-refractivity contribution in [2.75, 3.05) is 7.11 Å². The second-order valence-corrected chi connectivity index (χ2v) is 4.30. The van der Waals surface area contributed by atoms with Gasteiger partial charge in [-0.15, -0.1) is 0 Å². The van der Waals surface area contributed by atoms with E-state index in [1.807, 2.05) is 0 Å². The molecular formula is C11H12F2N4OS. The summed E-state index contributed by atoms with van der Waals surface area (Å²) < 4.78 is 33.5. The minimum Gasteiger partial charge on any atom is -0.491 e. The van der Waals surface area contributed by atoms with Crippen LogP contribution in [-0.4, -0.2) is 27.3 Å². The van der Waals surface area contributed by atoms with Crippen LogP contribution in [0.1, 0.15) is 12.0 Å². The van der Waals surface area contributed by atoms with Crippen molar-refractivity contribution in [3.05, 3.63) is 34.1 Å². The molecule has 1 aromatic heterocycles. The Labute approximate surface area is 113 Å². The minimum atomic E-state index is -0.697. The van der Waals surface area contributed by atoms with Gasteiger partial charge in [-0.3, -0.25) is 0 Å². The Balaban J connectivity index is 2.00. The molecule has 102 valence electrons. The van der Waals surface area contributed by atoms with E-state index in [1.54, 1.807) is 4.68 Å². The molecule has 0 aliphatic carbocycles. The van der Waals surface area contributed by atoms with Crippen molar-refractivity contribution in [1.82, 2.24) is 20.2 Å². The predicted molar refractivity (Wildman–Crippen MR) is 66.4 cm³/mol. The van der Waals surface area contributed by atoms with Gasteiger partial charge in [-0.05, 0) is 42.8 Å². The summed E-state index contributed by atoms with van der Waals surface area (Å²) in [5.41, 5.74) is 0.565. The standard InChI is InChI=1S/C11H12F2N4OS/c1-18-10-8(12)5-7(6-9(10)13)3-2-4-17-11(19)14-15-16-17/h5-6H,2-4H2,1H3,(H,14,16,19). The zero-order valence-electron chi connectivity index (χ0n) is 10.2. The first kappa shape index (κ1) is 13.6. The molecule has 0 fully saturated rings. The van der Waals surface area contributed by atoms with E-state index < -0.39 is 11.6 Å². The number of ether oxygens (including phenoxy) is 1. The molecule has 1 heterocycles. The van der Waals surface area contributed by atoms with Crippen LogP contribution >= 0.6 is 12.2 Å². The Morgan fingerprint density at radius 1 is 1.37 bits per heavy atom. The Hall–Kier alpha value is -1.83. The van der Waals surface area contributed by atoms with Crippen LogP contribution < -0.4 is 4.74 Å². The van der Waals surface area contributed by atoms with E-state index in [0.717, 1.165) is 0 Å². The molecule has 0 radical (unpaired) electrons. The number of aromatic nitrogens is 4. The van der Waals surface area contributed by atoms with Gasteiger partial charge in [0.15, 0.2) is 17.4 Å². The number of rotatable bonds is 5. The van der Waals surface area contributed by atoms with E-state index in [0.29, 0.717) is 29.7 Å². The van der Waals surface area contributed by atoms with E-state index in [1.165, 1.54) is 19.2 Å². The molecular weight excluding hydrogens is 274 g/mol. The Bertz CT molecular complexity index is 602. The zero-order chi connectivity index (χ0) is 13.8. The molecule has 1 aromatic carbocycles. The lowest BCUT2D eigenvalue weighted by atomic mass is 10.1. The van der Waals surface area contributed by atoms with Crippen LogP contribution in [0.15, 0.2) is 12.1 Å². The number of methoxy groups -OCH3 is 1. The summed E-state index contributed by atoms with van der Waals surface area (Å²) in [7, 11) is 1.23. The smallest absolute Gasteiger partial charge is 0.238 e. The van der Waals surface area contributed by atoms with Crippen molar-refractivity contribution >= 4 is 12.2 Å². The molecule has 0 saturated heterocycles. The Morgan fingerprint density at radius 3 is 2.58 bits per heavy atom. The van der Waals surface area contributed by atoms with Crippen LogP contribution in [0.25, 0.3) is 0 Å². The molecule has 1 N–H and O–H groups in total. The lowest BCUT2D eigenvalue weighted by Crippen LogP contribution is -2.03. The fourth-order valence-corrected chi connectivity index (χ4v) is 1.93. The Kier molecular flexibility index (Phi) is 4.20. The topological polar surface area (TPSA) is 55.7 Å². The molecule has 2 rings (SSSR count). The first-order valence-electron chi connectivity index (χ1n) is 5.61. The maximum absolute atomic E-state index is 13.5. The number of nitrogens with zero attached hydrogens (tertiary/aromatic N) is 3. The van der Waals surface area contributed by atoms with E-state index in [-0.39, 0.29) is 5.75 Å². The highest BCUT2D eigenvalue weighted by Crippen LogP contribution is 2.23. The third kappa shape index (κ3) is 3.14. The summed E-state index contributed by atoms with van der Waals surface area (Å²) in [5.74, 6) is -1.75. The third-order valence-electron chi connectivity index (χ3n) is 2.64. The van der Waals surface area contributed by atoms with Crippen molar-refractivity contribution in [1.29, 1.82) is 0 Å². The van der Waals surface area contributed by atoms with Crippen LogP contribution in [-0.2, 0) is 13.0 Å². The highest BCUT2D eigenvalue weighted by molar-refractivity contribution is 7.71. The van der Waals surface area contributed by atoms with Crippen molar-refractivity contribution in [3.63, 3.8) is 0 Å². The molecule has 0 aliphatic heterocycles. The van der Waals surface area contributed by atoms with Crippen molar-refractivity contribution in [2.45, 2.75) is 19.4 Å². The van der Waals surface area contributed by atoms with Crippen LogP contribution in [0.5, 0.6) is 5.75 Å². The number of hydrogen-bond acceptors (Lipinski definition) is 4. The monoisotopic (exact) mass is 286 g/mol. The van der Waals surface area contributed by atoms with Crippen LogP contribution in [0, 0.1) is 16.4 Å². The van der Waals surface area contributed by atoms with Gasteiger partial charge in [0.2, 0.25) is 4.77 Å². The number of aryl methyl sites for hydroxylation is 2. The SMILES string of the molecule is COc1c(F)cc(CCCn2[nH]nnc2=S)cc1F. The number of nitrogens with one attached hydrogen (secondary N) is 1. The van der Waals surface area contributed by atoms with Crippen molar-refractivity contribution < 1.29 is 13.5 Å². The number of aromatic amines is 1. The second kappa shape index (κ2) is 5.87. The van der Waals surface area contributed by atoms with E-state index in [9.17, 15) is 8.78 Å². The zero-order valence-corrected chi connectivity index (χ0v) is 11.0. The number of H-pyrrole nitrogens is 1. The maximum atomic E-state index is 13.5. The quantitative estimate of drug-likeness (QED) is 0.857. The summed E-state index contributed by atoms with van der Waals surface area (Å²) >= 11 is 4.91. The number of benzene rings is 1. The predicted octanol–water partition coefficient (Wildman–Crippen LogP) is 2.26. The summed E-state index contributed by atoms with van der Waals surface area (Å²) in [6, 6.07) is 2.54. The van der Waals surface area contributed by atoms with Gasteiger partial charge in [-0.2, -0.15) is 5.21 Å². The maximum Gasteiger partial charge on any atom is 0.238 e. The van der Waals surface area contributed by atoms with Gasteiger partial charge in [0.05, 0.1) is 7.11 Å². The molecule has 19 heavy (non-hydrogen) atoms. The first-order valence-corrected chi connectivity index (χ1v) is 6.02. The number of halogens is 2. The van der Waals surface area contributed by atoms with Gasteiger partial charge >= 0.3 is 0 Å². The fourth-order valence-electron chi connectivity index (χ4n) is 1.75. The molecule has 0 spiro atoms. The highest BCUT2D eigenvalue weighted by Gasteiger charge is 2.11. The molecule has 0 unspecified atom stereocenters. The van der Waals surface area contributed by atoms with Gasteiger partial charge in [0.25, 0.3) is 0 Å². The molecule has 0 amide bonds. The van der Waals surface area contributed by atoms with Crippen LogP contribution in [0.3, 0.4) is 0 Å². The molecule has 0 aliphatic rings. The van der Waals surface area contributed by atoms with E-state index in [4.69, 9.17) is 12.2 Å². The minimum absolute atomic E-state index is 0.354. The summed E-state index contributed by atoms with van der Waals surface area (Å²) in [5, 5.41) is 9.79. The average molecular weight is 286 g/mol. The molecule has 5 nitrogen and oxygen atoms in total. The molecule has 0 bridgehead atoms. The normalized spacial score (nSPS) is 10.7. The highest BCUT2D eigenvalue weighted by atomic mass is 32.1. The molecule has 2 aromatic rings. The van der Waals surface area contributed by atoms with Gasteiger partial charge < -0.3 is 4.74 Å². The number of hydrogen-bond donors (Lipinski definition) is 1.